The molecule has 9 heteroatoms. The largest absolute Gasteiger partial charge is 0.328 e. The van der Waals surface area contributed by atoms with E-state index in [4.69, 9.17) is 0 Å². The van der Waals surface area contributed by atoms with E-state index < -0.39 is 15.9 Å². The predicted octanol–water partition coefficient (Wildman–Crippen LogP) is 3.24. The number of imidazole rings is 1. The van der Waals surface area contributed by atoms with Crippen molar-refractivity contribution in [3.05, 3.63) is 88.3 Å². The third-order valence-electron chi connectivity index (χ3n) is 5.24. The molecule has 4 rings (SSSR count). The number of hydrogen-bond donors (Lipinski definition) is 2. The molecule has 0 fully saturated rings. The molecule has 0 radical (unpaired) electrons. The summed E-state index contributed by atoms with van der Waals surface area (Å²) in [4.78, 5) is 25.0. The molecule has 3 aromatic carbocycles. The first kappa shape index (κ1) is 21.4. The quantitative estimate of drug-likeness (QED) is 0.487. The topological polar surface area (TPSA) is 102 Å². The minimum absolute atomic E-state index is 0.139. The van der Waals surface area contributed by atoms with E-state index in [1.165, 1.54) is 27.3 Å². The molecule has 0 aliphatic heterocycles. The number of sulfonamides is 1. The Kier molecular flexibility index (Phi) is 5.35. The van der Waals surface area contributed by atoms with Gasteiger partial charge in [-0.1, -0.05) is 23.8 Å². The third kappa shape index (κ3) is 4.02. The Hall–Kier alpha value is -3.85. The molecular weight excluding hydrogens is 428 g/mol. The molecule has 0 saturated heterocycles. The first-order valence-electron chi connectivity index (χ1n) is 9.82. The van der Waals surface area contributed by atoms with Gasteiger partial charge in [0.2, 0.25) is 0 Å². The third-order valence-corrected chi connectivity index (χ3v) is 6.64. The molecular formula is C23H22N4O4S. The number of nitrogens with one attached hydrogen (secondary N) is 2. The van der Waals surface area contributed by atoms with Gasteiger partial charge in [-0.3, -0.25) is 18.7 Å². The number of amides is 1. The second-order valence-corrected chi connectivity index (χ2v) is 9.24. The molecule has 0 saturated carbocycles. The number of carbonyl (C=O) groups is 1. The normalized spacial score (nSPS) is 11.5. The number of anilines is 2. The molecule has 0 aliphatic carbocycles. The summed E-state index contributed by atoms with van der Waals surface area (Å²) >= 11 is 0. The van der Waals surface area contributed by atoms with Crippen LogP contribution in [0.15, 0.2) is 76.4 Å². The van der Waals surface area contributed by atoms with Gasteiger partial charge >= 0.3 is 5.69 Å². The summed E-state index contributed by atoms with van der Waals surface area (Å²) in [6.07, 6.45) is 0. The Labute approximate surface area is 185 Å². The van der Waals surface area contributed by atoms with Crippen LogP contribution in [0.1, 0.15) is 15.9 Å². The van der Waals surface area contributed by atoms with E-state index in [9.17, 15) is 18.0 Å². The van der Waals surface area contributed by atoms with Gasteiger partial charge in [-0.15, -0.1) is 0 Å². The Bertz CT molecular complexity index is 1500. The van der Waals surface area contributed by atoms with E-state index in [2.05, 4.69) is 10.0 Å². The van der Waals surface area contributed by atoms with Gasteiger partial charge in [0.25, 0.3) is 15.9 Å². The zero-order valence-corrected chi connectivity index (χ0v) is 18.6. The smallest absolute Gasteiger partial charge is 0.322 e. The van der Waals surface area contributed by atoms with Crippen molar-refractivity contribution >= 4 is 38.3 Å². The van der Waals surface area contributed by atoms with Crippen molar-refractivity contribution in [1.82, 2.24) is 9.13 Å². The number of aromatic nitrogens is 2. The molecule has 0 atom stereocenters. The van der Waals surface area contributed by atoms with Gasteiger partial charge < -0.3 is 5.32 Å². The monoisotopic (exact) mass is 450 g/mol. The molecule has 1 heterocycles. The maximum atomic E-state index is 12.8. The Morgan fingerprint density at radius 3 is 2.25 bits per heavy atom. The molecule has 1 amide bonds. The van der Waals surface area contributed by atoms with Crippen LogP contribution < -0.4 is 15.7 Å². The second-order valence-electron chi connectivity index (χ2n) is 7.56. The van der Waals surface area contributed by atoms with Crippen molar-refractivity contribution in [3.8, 4) is 0 Å². The molecule has 2 N–H and O–H groups in total. The van der Waals surface area contributed by atoms with Crippen molar-refractivity contribution in [2.75, 3.05) is 10.0 Å². The van der Waals surface area contributed by atoms with Crippen molar-refractivity contribution in [3.63, 3.8) is 0 Å². The average molecular weight is 451 g/mol. The Balaban J connectivity index is 1.56. The molecule has 1 aromatic heterocycles. The summed E-state index contributed by atoms with van der Waals surface area (Å²) in [7, 11) is -0.426. The number of fused-ring (bicyclic) bond motifs is 1. The molecule has 0 aliphatic rings. The van der Waals surface area contributed by atoms with Gasteiger partial charge in [0, 0.05) is 31.0 Å². The van der Waals surface area contributed by atoms with E-state index >= 15 is 0 Å². The number of hydrogen-bond acceptors (Lipinski definition) is 4. The van der Waals surface area contributed by atoms with Gasteiger partial charge in [0.15, 0.2) is 0 Å². The van der Waals surface area contributed by atoms with Crippen molar-refractivity contribution in [1.29, 1.82) is 0 Å². The lowest BCUT2D eigenvalue weighted by Gasteiger charge is -2.10. The van der Waals surface area contributed by atoms with Crippen LogP contribution in [-0.4, -0.2) is 23.5 Å². The summed E-state index contributed by atoms with van der Waals surface area (Å²) in [5, 5.41) is 2.79. The number of carbonyl (C=O) groups excluding carboxylic acids is 1. The fourth-order valence-electron chi connectivity index (χ4n) is 3.44. The van der Waals surface area contributed by atoms with Crippen LogP contribution in [0, 0.1) is 6.92 Å². The van der Waals surface area contributed by atoms with Gasteiger partial charge in [-0.05, 0) is 55.5 Å². The van der Waals surface area contributed by atoms with Crippen molar-refractivity contribution < 1.29 is 13.2 Å². The van der Waals surface area contributed by atoms with Gasteiger partial charge in [-0.25, -0.2) is 13.2 Å². The summed E-state index contributed by atoms with van der Waals surface area (Å²) in [6.45, 7) is 1.88. The lowest BCUT2D eigenvalue weighted by atomic mass is 10.2. The minimum atomic E-state index is -3.78. The first-order chi connectivity index (χ1) is 15.2. The lowest BCUT2D eigenvalue weighted by Crippen LogP contribution is -2.19. The summed E-state index contributed by atoms with van der Waals surface area (Å²) < 4.78 is 30.8. The molecule has 0 spiro atoms. The van der Waals surface area contributed by atoms with Crippen LogP contribution in [0.5, 0.6) is 0 Å². The molecule has 8 nitrogen and oxygen atoms in total. The van der Waals surface area contributed by atoms with E-state index in [-0.39, 0.29) is 21.8 Å². The maximum absolute atomic E-state index is 12.8. The molecule has 32 heavy (non-hydrogen) atoms. The first-order valence-corrected chi connectivity index (χ1v) is 11.3. The average Bonchev–Trinajstić information content (AvgIpc) is 2.97. The lowest BCUT2D eigenvalue weighted by molar-refractivity contribution is 0.102. The Morgan fingerprint density at radius 2 is 1.53 bits per heavy atom. The second kappa shape index (κ2) is 8.01. The van der Waals surface area contributed by atoms with Crippen molar-refractivity contribution in [2.24, 2.45) is 14.1 Å². The summed E-state index contributed by atoms with van der Waals surface area (Å²) in [6, 6.07) is 17.9. The number of aryl methyl sites for hydroxylation is 3. The predicted molar refractivity (Wildman–Crippen MR) is 125 cm³/mol. The fourth-order valence-corrected chi connectivity index (χ4v) is 4.49. The molecule has 0 bridgehead atoms. The molecule has 0 unspecified atom stereocenters. The summed E-state index contributed by atoms with van der Waals surface area (Å²) in [5.74, 6) is -0.401. The van der Waals surface area contributed by atoms with E-state index in [0.29, 0.717) is 11.2 Å². The van der Waals surface area contributed by atoms with Crippen LogP contribution in [0.4, 0.5) is 11.4 Å². The van der Waals surface area contributed by atoms with Crippen LogP contribution in [0.2, 0.25) is 0 Å². The van der Waals surface area contributed by atoms with Gasteiger partial charge in [0.1, 0.15) is 0 Å². The van der Waals surface area contributed by atoms with Crippen LogP contribution in [0.25, 0.3) is 11.0 Å². The zero-order valence-electron chi connectivity index (χ0n) is 17.8. The highest BCUT2D eigenvalue weighted by Crippen LogP contribution is 2.21. The highest BCUT2D eigenvalue weighted by atomic mass is 32.2. The maximum Gasteiger partial charge on any atom is 0.328 e. The van der Waals surface area contributed by atoms with E-state index in [1.54, 1.807) is 62.6 Å². The van der Waals surface area contributed by atoms with Gasteiger partial charge in [-0.2, -0.15) is 0 Å². The van der Waals surface area contributed by atoms with E-state index in [0.717, 1.165) is 11.1 Å². The van der Waals surface area contributed by atoms with Crippen LogP contribution in [0.3, 0.4) is 0 Å². The van der Waals surface area contributed by atoms with Crippen LogP contribution >= 0.6 is 0 Å². The van der Waals surface area contributed by atoms with Crippen LogP contribution in [-0.2, 0) is 24.1 Å². The highest BCUT2D eigenvalue weighted by molar-refractivity contribution is 7.92. The van der Waals surface area contributed by atoms with Gasteiger partial charge in [0.05, 0.1) is 15.9 Å². The summed E-state index contributed by atoms with van der Waals surface area (Å²) in [5.41, 5.74) is 3.33. The van der Waals surface area contributed by atoms with E-state index in [1.807, 2.05) is 6.92 Å². The fraction of sp³-hybridized carbons (Fsp3) is 0.130. The van der Waals surface area contributed by atoms with Crippen molar-refractivity contribution in [2.45, 2.75) is 11.8 Å². The SMILES string of the molecule is Cc1ccc(S(=O)(=O)Nc2cccc(C(=O)Nc3ccc4c(c3)n(C)c(=O)n4C)c2)cc1. The Morgan fingerprint density at radius 1 is 0.844 bits per heavy atom. The number of nitrogens with zero attached hydrogens (tertiary/aromatic N) is 2. The minimum Gasteiger partial charge on any atom is -0.322 e. The molecule has 164 valence electrons. The number of benzene rings is 3. The molecule has 4 aromatic rings. The zero-order chi connectivity index (χ0) is 23.0. The number of rotatable bonds is 5. The highest BCUT2D eigenvalue weighted by Gasteiger charge is 2.15. The standard InChI is InChI=1S/C23H22N4O4S/c1-15-7-10-19(11-8-15)32(30,31)25-18-6-4-5-16(13-18)22(28)24-17-9-12-20-21(14-17)27(3)23(29)26(20)2/h4-14,25H,1-3H3,(H,24,28).